The molecule has 0 radical (unpaired) electrons. The highest BCUT2D eigenvalue weighted by atomic mass is 35.5. The SMILES string of the molecule is Cc1cccc(CC(=O)N(Cc2cccc(Cl)c2)[C@@H](Cc2ccccc2)C(=O)NC2CCCC2)c1. The Balaban J connectivity index is 1.66. The van der Waals surface area contributed by atoms with Gasteiger partial charge in [0.25, 0.3) is 0 Å². The largest absolute Gasteiger partial charge is 0.352 e. The van der Waals surface area contributed by atoms with Gasteiger partial charge < -0.3 is 10.2 Å². The van der Waals surface area contributed by atoms with Gasteiger partial charge in [0.1, 0.15) is 6.04 Å². The van der Waals surface area contributed by atoms with E-state index in [0.29, 0.717) is 18.0 Å². The van der Waals surface area contributed by atoms with Crippen LogP contribution in [0.15, 0.2) is 78.9 Å². The Morgan fingerprint density at radius 2 is 1.60 bits per heavy atom. The summed E-state index contributed by atoms with van der Waals surface area (Å²) < 4.78 is 0. The van der Waals surface area contributed by atoms with Gasteiger partial charge in [-0.1, -0.05) is 96.7 Å². The van der Waals surface area contributed by atoms with Gasteiger partial charge in [-0.05, 0) is 48.6 Å². The standard InChI is InChI=1S/C30H33ClN2O2/c1-22-9-7-12-24(17-22)20-29(34)33(21-25-13-8-14-26(31)18-25)28(19-23-10-3-2-4-11-23)30(35)32-27-15-5-6-16-27/h2-4,7-14,17-18,27-28H,5-6,15-16,19-21H2,1H3,(H,32,35)/t28-/m0/s1. The number of rotatable bonds is 9. The van der Waals surface area contributed by atoms with Crippen LogP contribution in [-0.4, -0.2) is 28.8 Å². The van der Waals surface area contributed by atoms with Crippen LogP contribution in [0.2, 0.25) is 5.02 Å². The molecule has 5 heteroatoms. The molecule has 0 unspecified atom stereocenters. The lowest BCUT2D eigenvalue weighted by Crippen LogP contribution is -2.52. The maximum atomic E-state index is 13.8. The van der Waals surface area contributed by atoms with Gasteiger partial charge in [0.05, 0.1) is 6.42 Å². The van der Waals surface area contributed by atoms with Gasteiger partial charge >= 0.3 is 0 Å². The van der Waals surface area contributed by atoms with Gasteiger partial charge in [-0.2, -0.15) is 0 Å². The zero-order valence-electron chi connectivity index (χ0n) is 20.3. The van der Waals surface area contributed by atoms with Crippen molar-refractivity contribution in [3.05, 3.63) is 106 Å². The lowest BCUT2D eigenvalue weighted by molar-refractivity contribution is -0.141. The van der Waals surface area contributed by atoms with E-state index in [2.05, 4.69) is 5.32 Å². The fourth-order valence-electron chi connectivity index (χ4n) is 4.85. The molecule has 1 aliphatic rings. The summed E-state index contributed by atoms with van der Waals surface area (Å²) in [5, 5.41) is 3.86. The molecule has 182 valence electrons. The van der Waals surface area contributed by atoms with Crippen molar-refractivity contribution >= 4 is 23.4 Å². The Bertz CT molecular complexity index is 1140. The van der Waals surface area contributed by atoms with Crippen molar-refractivity contribution in [1.82, 2.24) is 10.2 Å². The first-order valence-electron chi connectivity index (χ1n) is 12.4. The molecule has 4 rings (SSSR count). The molecule has 2 amide bonds. The first kappa shape index (κ1) is 25.0. The molecule has 1 atom stereocenters. The summed E-state index contributed by atoms with van der Waals surface area (Å²) in [6.45, 7) is 2.34. The Morgan fingerprint density at radius 3 is 2.31 bits per heavy atom. The first-order valence-corrected chi connectivity index (χ1v) is 12.8. The number of carbonyl (C=O) groups is 2. The number of carbonyl (C=O) groups excluding carboxylic acids is 2. The lowest BCUT2D eigenvalue weighted by Gasteiger charge is -2.32. The van der Waals surface area contributed by atoms with E-state index < -0.39 is 6.04 Å². The normalized spacial score (nSPS) is 14.5. The zero-order chi connectivity index (χ0) is 24.6. The van der Waals surface area contributed by atoms with Crippen LogP contribution in [0.5, 0.6) is 0 Å². The third kappa shape index (κ3) is 7.19. The highest BCUT2D eigenvalue weighted by Crippen LogP contribution is 2.21. The minimum absolute atomic E-state index is 0.0712. The van der Waals surface area contributed by atoms with Gasteiger partial charge in [0.2, 0.25) is 11.8 Å². The van der Waals surface area contributed by atoms with Crippen LogP contribution in [0.3, 0.4) is 0 Å². The summed E-state index contributed by atoms with van der Waals surface area (Å²) in [5.74, 6) is -0.154. The molecular weight excluding hydrogens is 456 g/mol. The van der Waals surface area contributed by atoms with Gasteiger partial charge in [-0.25, -0.2) is 0 Å². The maximum Gasteiger partial charge on any atom is 0.243 e. The predicted octanol–water partition coefficient (Wildman–Crippen LogP) is 5.89. The van der Waals surface area contributed by atoms with E-state index in [1.807, 2.05) is 85.8 Å². The van der Waals surface area contributed by atoms with E-state index in [1.165, 1.54) is 0 Å². The third-order valence-corrected chi connectivity index (χ3v) is 6.89. The van der Waals surface area contributed by atoms with Crippen molar-refractivity contribution in [2.45, 2.75) is 64.1 Å². The van der Waals surface area contributed by atoms with Crippen LogP contribution >= 0.6 is 11.6 Å². The average molecular weight is 489 g/mol. The molecule has 0 heterocycles. The van der Waals surface area contributed by atoms with Crippen LogP contribution in [0.1, 0.15) is 47.9 Å². The molecule has 0 saturated heterocycles. The van der Waals surface area contributed by atoms with Crippen molar-refractivity contribution in [1.29, 1.82) is 0 Å². The summed E-state index contributed by atoms with van der Waals surface area (Å²) in [5.41, 5.74) is 3.98. The van der Waals surface area contributed by atoms with E-state index in [9.17, 15) is 9.59 Å². The number of hydrogen-bond acceptors (Lipinski definition) is 2. The molecule has 0 aromatic heterocycles. The Hall–Kier alpha value is -3.11. The van der Waals surface area contributed by atoms with Gasteiger partial charge in [0, 0.05) is 24.0 Å². The minimum Gasteiger partial charge on any atom is -0.352 e. The number of aryl methyl sites for hydroxylation is 1. The molecule has 1 aliphatic carbocycles. The highest BCUT2D eigenvalue weighted by Gasteiger charge is 2.32. The molecule has 1 fully saturated rings. The van der Waals surface area contributed by atoms with Crippen molar-refractivity contribution in [3.8, 4) is 0 Å². The van der Waals surface area contributed by atoms with Crippen LogP contribution in [0.4, 0.5) is 0 Å². The smallest absolute Gasteiger partial charge is 0.243 e. The number of nitrogens with zero attached hydrogens (tertiary/aromatic N) is 1. The highest BCUT2D eigenvalue weighted by molar-refractivity contribution is 6.30. The summed E-state index contributed by atoms with van der Waals surface area (Å²) >= 11 is 6.26. The molecule has 35 heavy (non-hydrogen) atoms. The fraction of sp³-hybridized carbons (Fsp3) is 0.333. The summed E-state index contributed by atoms with van der Waals surface area (Å²) in [4.78, 5) is 29.2. The summed E-state index contributed by atoms with van der Waals surface area (Å²) in [6.07, 6.45) is 4.95. The molecule has 1 saturated carbocycles. The van der Waals surface area contributed by atoms with Crippen molar-refractivity contribution in [2.75, 3.05) is 0 Å². The number of hydrogen-bond donors (Lipinski definition) is 1. The quantitative estimate of drug-likeness (QED) is 0.408. The number of nitrogens with one attached hydrogen (secondary N) is 1. The maximum absolute atomic E-state index is 13.8. The molecule has 4 nitrogen and oxygen atoms in total. The number of amides is 2. The molecule has 0 bridgehead atoms. The van der Waals surface area contributed by atoms with Crippen LogP contribution < -0.4 is 5.32 Å². The number of benzene rings is 3. The monoisotopic (exact) mass is 488 g/mol. The first-order chi connectivity index (χ1) is 17.0. The van der Waals surface area contributed by atoms with Crippen molar-refractivity contribution in [2.24, 2.45) is 0 Å². The fourth-order valence-corrected chi connectivity index (χ4v) is 5.06. The van der Waals surface area contributed by atoms with Crippen molar-refractivity contribution in [3.63, 3.8) is 0 Å². The van der Waals surface area contributed by atoms with E-state index >= 15 is 0 Å². The summed E-state index contributed by atoms with van der Waals surface area (Å²) in [6, 6.07) is 25.0. The summed E-state index contributed by atoms with van der Waals surface area (Å²) in [7, 11) is 0. The molecule has 1 N–H and O–H groups in total. The number of halogens is 1. The molecule has 3 aromatic carbocycles. The Labute approximate surface area is 213 Å². The second kappa shape index (κ2) is 12.0. The third-order valence-electron chi connectivity index (χ3n) is 6.65. The minimum atomic E-state index is -0.616. The Kier molecular flexibility index (Phi) is 8.59. The predicted molar refractivity (Wildman–Crippen MR) is 141 cm³/mol. The average Bonchev–Trinajstić information content (AvgIpc) is 3.35. The Morgan fingerprint density at radius 1 is 0.914 bits per heavy atom. The van der Waals surface area contributed by atoms with Crippen LogP contribution in [0, 0.1) is 6.92 Å². The van der Waals surface area contributed by atoms with Gasteiger partial charge in [-0.15, -0.1) is 0 Å². The van der Waals surface area contributed by atoms with Crippen molar-refractivity contribution < 1.29 is 9.59 Å². The second-order valence-electron chi connectivity index (χ2n) is 9.51. The molecular formula is C30H33ClN2O2. The topological polar surface area (TPSA) is 49.4 Å². The molecule has 0 aliphatic heterocycles. The van der Waals surface area contributed by atoms with E-state index in [0.717, 1.165) is 47.9 Å². The van der Waals surface area contributed by atoms with E-state index in [-0.39, 0.29) is 24.3 Å². The van der Waals surface area contributed by atoms with E-state index in [4.69, 9.17) is 11.6 Å². The second-order valence-corrected chi connectivity index (χ2v) is 9.95. The van der Waals surface area contributed by atoms with E-state index in [1.54, 1.807) is 4.90 Å². The van der Waals surface area contributed by atoms with Crippen LogP contribution in [0.25, 0.3) is 0 Å². The lowest BCUT2D eigenvalue weighted by atomic mass is 10.0. The van der Waals surface area contributed by atoms with Crippen LogP contribution in [-0.2, 0) is 29.0 Å². The van der Waals surface area contributed by atoms with Gasteiger partial charge in [0.15, 0.2) is 0 Å². The molecule has 0 spiro atoms. The molecule has 3 aromatic rings. The zero-order valence-corrected chi connectivity index (χ0v) is 21.0. The van der Waals surface area contributed by atoms with Gasteiger partial charge in [-0.3, -0.25) is 9.59 Å².